The summed E-state index contributed by atoms with van der Waals surface area (Å²) in [5.74, 6) is 0. The monoisotopic (exact) mass is 274 g/mol. The number of pyridine rings is 1. The third kappa shape index (κ3) is 2.08. The molecule has 2 heterocycles. The van der Waals surface area contributed by atoms with E-state index in [0.717, 1.165) is 22.5 Å². The Morgan fingerprint density at radius 1 is 0.952 bits per heavy atom. The number of benzene rings is 2. The van der Waals surface area contributed by atoms with Crippen LogP contribution in [0.4, 0.5) is 0 Å². The van der Waals surface area contributed by atoms with Gasteiger partial charge in [0, 0.05) is 18.0 Å². The SMILES string of the molecule is OCc1ccn2cc(-c3ccc4ccccc4c3)nc2c1. The molecule has 0 spiro atoms. The molecule has 1 N–H and O–H groups in total. The summed E-state index contributed by atoms with van der Waals surface area (Å²) in [6.45, 7) is 0.0364. The van der Waals surface area contributed by atoms with Crippen molar-refractivity contribution < 1.29 is 5.11 Å². The Balaban J connectivity index is 1.87. The van der Waals surface area contributed by atoms with Gasteiger partial charge in [0.15, 0.2) is 0 Å². The Hall–Kier alpha value is -2.65. The number of rotatable bonds is 2. The summed E-state index contributed by atoms with van der Waals surface area (Å²) in [4.78, 5) is 4.65. The quantitative estimate of drug-likeness (QED) is 0.606. The summed E-state index contributed by atoms with van der Waals surface area (Å²) in [5, 5.41) is 11.6. The van der Waals surface area contributed by atoms with Gasteiger partial charge in [-0.25, -0.2) is 4.98 Å². The van der Waals surface area contributed by atoms with Gasteiger partial charge in [-0.2, -0.15) is 0 Å². The lowest BCUT2D eigenvalue weighted by molar-refractivity contribution is 0.282. The van der Waals surface area contributed by atoms with Crippen molar-refractivity contribution in [2.75, 3.05) is 0 Å². The molecule has 0 unspecified atom stereocenters. The highest BCUT2D eigenvalue weighted by molar-refractivity contribution is 5.86. The van der Waals surface area contributed by atoms with Crippen molar-refractivity contribution in [3.63, 3.8) is 0 Å². The Labute approximate surface area is 122 Å². The Bertz CT molecular complexity index is 940. The maximum atomic E-state index is 9.20. The highest BCUT2D eigenvalue weighted by atomic mass is 16.3. The van der Waals surface area contributed by atoms with Gasteiger partial charge < -0.3 is 9.51 Å². The van der Waals surface area contributed by atoms with Gasteiger partial charge in [0.2, 0.25) is 0 Å². The van der Waals surface area contributed by atoms with Crippen LogP contribution in [0, 0.1) is 0 Å². The van der Waals surface area contributed by atoms with Gasteiger partial charge in [0.25, 0.3) is 0 Å². The van der Waals surface area contributed by atoms with E-state index >= 15 is 0 Å². The molecule has 0 atom stereocenters. The van der Waals surface area contributed by atoms with E-state index in [1.165, 1.54) is 10.8 Å². The molecule has 0 bridgehead atoms. The molecule has 4 rings (SSSR count). The van der Waals surface area contributed by atoms with Gasteiger partial charge in [-0.3, -0.25) is 0 Å². The van der Waals surface area contributed by atoms with E-state index in [0.29, 0.717) is 0 Å². The van der Waals surface area contributed by atoms with Gasteiger partial charge in [-0.1, -0.05) is 36.4 Å². The van der Waals surface area contributed by atoms with Gasteiger partial charge >= 0.3 is 0 Å². The molecule has 0 aliphatic rings. The normalized spacial score (nSPS) is 11.3. The van der Waals surface area contributed by atoms with E-state index < -0.39 is 0 Å². The van der Waals surface area contributed by atoms with Gasteiger partial charge in [0.05, 0.1) is 12.3 Å². The average molecular weight is 274 g/mol. The topological polar surface area (TPSA) is 37.5 Å². The molecule has 0 radical (unpaired) electrons. The minimum Gasteiger partial charge on any atom is -0.392 e. The number of imidazole rings is 1. The maximum Gasteiger partial charge on any atom is 0.137 e. The van der Waals surface area contributed by atoms with Crippen molar-refractivity contribution in [3.05, 3.63) is 72.6 Å². The van der Waals surface area contributed by atoms with Crippen LogP contribution in [0.2, 0.25) is 0 Å². The molecule has 0 aliphatic carbocycles. The first-order valence-corrected chi connectivity index (χ1v) is 6.91. The van der Waals surface area contributed by atoms with E-state index in [1.807, 2.05) is 41.1 Å². The second kappa shape index (κ2) is 4.72. The molecule has 4 aromatic rings. The van der Waals surface area contributed by atoms with Crippen LogP contribution in [-0.4, -0.2) is 14.5 Å². The third-order valence-corrected chi connectivity index (χ3v) is 3.75. The smallest absolute Gasteiger partial charge is 0.137 e. The average Bonchev–Trinajstić information content (AvgIpc) is 2.97. The minimum absolute atomic E-state index is 0.0364. The fraction of sp³-hybridized carbons (Fsp3) is 0.0556. The molecule has 3 heteroatoms. The molecular formula is C18H14N2O. The van der Waals surface area contributed by atoms with E-state index in [-0.39, 0.29) is 6.61 Å². The van der Waals surface area contributed by atoms with E-state index in [9.17, 15) is 5.11 Å². The van der Waals surface area contributed by atoms with Crippen LogP contribution in [0.25, 0.3) is 27.7 Å². The number of fused-ring (bicyclic) bond motifs is 2. The molecule has 0 fully saturated rings. The Kier molecular flexibility index (Phi) is 2.72. The lowest BCUT2D eigenvalue weighted by Gasteiger charge is -2.00. The summed E-state index contributed by atoms with van der Waals surface area (Å²) in [7, 11) is 0. The molecule has 0 saturated carbocycles. The lowest BCUT2D eigenvalue weighted by atomic mass is 10.1. The van der Waals surface area contributed by atoms with E-state index in [1.54, 1.807) is 0 Å². The first-order chi connectivity index (χ1) is 10.3. The lowest BCUT2D eigenvalue weighted by Crippen LogP contribution is -1.87. The van der Waals surface area contributed by atoms with E-state index in [2.05, 4.69) is 35.3 Å². The Morgan fingerprint density at radius 3 is 2.67 bits per heavy atom. The summed E-state index contributed by atoms with van der Waals surface area (Å²) in [5.41, 5.74) is 3.77. The second-order valence-corrected chi connectivity index (χ2v) is 5.15. The molecule has 0 aliphatic heterocycles. The second-order valence-electron chi connectivity index (χ2n) is 5.15. The highest BCUT2D eigenvalue weighted by Crippen LogP contribution is 2.24. The zero-order valence-electron chi connectivity index (χ0n) is 11.4. The number of aliphatic hydroxyl groups is 1. The first kappa shape index (κ1) is 12.1. The standard InChI is InChI=1S/C18H14N2O/c21-12-13-7-8-20-11-17(19-18(20)9-13)16-6-5-14-3-1-2-4-15(14)10-16/h1-11,21H,12H2. The molecule has 0 saturated heterocycles. The molecule has 21 heavy (non-hydrogen) atoms. The van der Waals surface area contributed by atoms with Crippen LogP contribution >= 0.6 is 0 Å². The fourth-order valence-corrected chi connectivity index (χ4v) is 2.61. The maximum absolute atomic E-state index is 9.20. The number of nitrogens with zero attached hydrogens (tertiary/aromatic N) is 2. The van der Waals surface area contributed by atoms with Crippen molar-refractivity contribution in [2.45, 2.75) is 6.61 Å². The molecule has 2 aromatic heterocycles. The summed E-state index contributed by atoms with van der Waals surface area (Å²) in [6, 6.07) is 18.5. The van der Waals surface area contributed by atoms with Crippen LogP contribution in [0.5, 0.6) is 0 Å². The van der Waals surface area contributed by atoms with Crippen LogP contribution in [0.1, 0.15) is 5.56 Å². The van der Waals surface area contributed by atoms with Crippen LogP contribution < -0.4 is 0 Å². The van der Waals surface area contributed by atoms with Gasteiger partial charge in [-0.15, -0.1) is 0 Å². The van der Waals surface area contributed by atoms with E-state index in [4.69, 9.17) is 0 Å². The zero-order valence-corrected chi connectivity index (χ0v) is 11.4. The van der Waals surface area contributed by atoms with Crippen molar-refractivity contribution in [3.8, 4) is 11.3 Å². The van der Waals surface area contributed by atoms with Crippen LogP contribution in [0.15, 0.2) is 67.0 Å². The molecule has 102 valence electrons. The number of aliphatic hydroxyl groups excluding tert-OH is 1. The number of aromatic nitrogens is 2. The van der Waals surface area contributed by atoms with Crippen molar-refractivity contribution in [1.82, 2.24) is 9.38 Å². The summed E-state index contributed by atoms with van der Waals surface area (Å²) < 4.78 is 1.98. The van der Waals surface area contributed by atoms with Crippen molar-refractivity contribution in [2.24, 2.45) is 0 Å². The largest absolute Gasteiger partial charge is 0.392 e. The number of hydrogen-bond acceptors (Lipinski definition) is 2. The first-order valence-electron chi connectivity index (χ1n) is 6.91. The number of hydrogen-bond donors (Lipinski definition) is 1. The zero-order chi connectivity index (χ0) is 14.2. The predicted octanol–water partition coefficient (Wildman–Crippen LogP) is 3.65. The summed E-state index contributed by atoms with van der Waals surface area (Å²) in [6.07, 6.45) is 3.94. The van der Waals surface area contributed by atoms with Crippen molar-refractivity contribution in [1.29, 1.82) is 0 Å². The van der Waals surface area contributed by atoms with Gasteiger partial charge in [-0.05, 0) is 34.5 Å². The molecule has 0 amide bonds. The highest BCUT2D eigenvalue weighted by Gasteiger charge is 2.05. The van der Waals surface area contributed by atoms with Gasteiger partial charge in [0.1, 0.15) is 5.65 Å². The minimum atomic E-state index is 0.0364. The predicted molar refractivity (Wildman–Crippen MR) is 84.1 cm³/mol. The molecule has 3 nitrogen and oxygen atoms in total. The summed E-state index contributed by atoms with van der Waals surface area (Å²) >= 11 is 0. The Morgan fingerprint density at radius 2 is 1.81 bits per heavy atom. The van der Waals surface area contributed by atoms with Crippen LogP contribution in [-0.2, 0) is 6.61 Å². The molecular weight excluding hydrogens is 260 g/mol. The fourth-order valence-electron chi connectivity index (χ4n) is 2.61. The third-order valence-electron chi connectivity index (χ3n) is 3.75. The molecule has 2 aromatic carbocycles. The van der Waals surface area contributed by atoms with Crippen molar-refractivity contribution >= 4 is 16.4 Å². The van der Waals surface area contributed by atoms with Crippen LogP contribution in [0.3, 0.4) is 0 Å².